The minimum atomic E-state index is -0.479. The summed E-state index contributed by atoms with van der Waals surface area (Å²) in [6.45, 7) is 0.449. The van der Waals surface area contributed by atoms with E-state index in [0.29, 0.717) is 24.2 Å². The van der Waals surface area contributed by atoms with E-state index in [9.17, 15) is 9.59 Å². The van der Waals surface area contributed by atoms with E-state index in [1.165, 1.54) is 0 Å². The Hall–Kier alpha value is -1.66. The molecule has 3 rings (SSSR count). The number of rotatable bonds is 4. The zero-order valence-corrected chi connectivity index (χ0v) is 15.5. The molecule has 4 nitrogen and oxygen atoms in total. The molecule has 0 fully saturated rings. The summed E-state index contributed by atoms with van der Waals surface area (Å²) in [6, 6.07) is 11.2. The molecule has 0 aliphatic carbocycles. The maximum Gasteiger partial charge on any atom is 0.299 e. The number of benzene rings is 2. The van der Waals surface area contributed by atoms with Crippen molar-refractivity contribution < 1.29 is 14.3 Å². The van der Waals surface area contributed by atoms with Gasteiger partial charge in [0.05, 0.1) is 18.4 Å². The molecule has 0 N–H and O–H groups in total. The third-order valence-electron chi connectivity index (χ3n) is 3.77. The van der Waals surface area contributed by atoms with E-state index in [1.807, 2.05) is 30.3 Å². The first-order chi connectivity index (χ1) is 11.0. The summed E-state index contributed by atoms with van der Waals surface area (Å²) in [7, 11) is 1.62. The van der Waals surface area contributed by atoms with Gasteiger partial charge in [0.25, 0.3) is 11.7 Å². The van der Waals surface area contributed by atoms with Gasteiger partial charge in [-0.1, -0.05) is 28.1 Å². The van der Waals surface area contributed by atoms with Gasteiger partial charge in [0.15, 0.2) is 0 Å². The Kier molecular flexibility index (Phi) is 4.55. The second-order valence-electron chi connectivity index (χ2n) is 5.17. The predicted molar refractivity (Wildman–Crippen MR) is 95.2 cm³/mol. The van der Waals surface area contributed by atoms with Crippen LogP contribution in [0.2, 0.25) is 0 Å². The van der Waals surface area contributed by atoms with Crippen molar-refractivity contribution in [3.05, 3.63) is 56.5 Å². The van der Waals surface area contributed by atoms with Crippen molar-refractivity contribution in [2.45, 2.75) is 6.42 Å². The zero-order valence-electron chi connectivity index (χ0n) is 12.3. The smallest absolute Gasteiger partial charge is 0.299 e. The third-order valence-corrected chi connectivity index (χ3v) is 4.83. The van der Waals surface area contributed by atoms with E-state index in [4.69, 9.17) is 4.74 Å². The number of halogens is 2. The number of methoxy groups -OCH3 is 1. The molecule has 23 heavy (non-hydrogen) atoms. The van der Waals surface area contributed by atoms with Gasteiger partial charge in [-0.15, -0.1) is 0 Å². The van der Waals surface area contributed by atoms with Gasteiger partial charge < -0.3 is 9.64 Å². The monoisotopic (exact) mass is 437 g/mol. The molecule has 0 bridgehead atoms. The maximum absolute atomic E-state index is 12.3. The molecule has 1 aliphatic heterocycles. The molecule has 0 saturated carbocycles. The van der Waals surface area contributed by atoms with E-state index in [1.54, 1.807) is 18.1 Å². The van der Waals surface area contributed by atoms with E-state index in [0.717, 1.165) is 20.3 Å². The first-order valence-corrected chi connectivity index (χ1v) is 8.58. The highest BCUT2D eigenvalue weighted by atomic mass is 79.9. The van der Waals surface area contributed by atoms with Crippen molar-refractivity contribution in [2.75, 3.05) is 18.6 Å². The van der Waals surface area contributed by atoms with Crippen LogP contribution in [0.4, 0.5) is 5.69 Å². The number of fused-ring (bicyclic) bond motifs is 1. The lowest BCUT2D eigenvalue weighted by atomic mass is 10.1. The average Bonchev–Trinajstić information content (AvgIpc) is 2.78. The molecule has 0 saturated heterocycles. The largest absolute Gasteiger partial charge is 0.497 e. The molecular formula is C17H13Br2NO3. The summed E-state index contributed by atoms with van der Waals surface area (Å²) in [5.74, 6) is -0.150. The van der Waals surface area contributed by atoms with Crippen LogP contribution in [-0.2, 0) is 11.2 Å². The van der Waals surface area contributed by atoms with Gasteiger partial charge in [-0.05, 0) is 52.2 Å². The highest BCUT2D eigenvalue weighted by molar-refractivity contribution is 9.11. The second kappa shape index (κ2) is 6.45. The third kappa shape index (κ3) is 3.05. The Balaban J connectivity index is 1.84. The number of anilines is 1. The second-order valence-corrected chi connectivity index (χ2v) is 6.94. The number of hydrogen-bond acceptors (Lipinski definition) is 3. The number of carbonyl (C=O) groups is 2. The van der Waals surface area contributed by atoms with Crippen LogP contribution >= 0.6 is 31.9 Å². The van der Waals surface area contributed by atoms with Gasteiger partial charge in [-0.25, -0.2) is 0 Å². The lowest BCUT2D eigenvalue weighted by Crippen LogP contribution is -2.31. The lowest BCUT2D eigenvalue weighted by Gasteiger charge is -2.18. The molecule has 0 atom stereocenters. The number of ether oxygens (including phenoxy) is 1. The summed E-state index contributed by atoms with van der Waals surface area (Å²) in [4.78, 5) is 26.0. The van der Waals surface area contributed by atoms with E-state index in [2.05, 4.69) is 31.9 Å². The fraction of sp³-hybridized carbons (Fsp3) is 0.176. The SMILES string of the molecule is COc1ccc(CCN2C(=O)C(=O)c3cc(Br)cc(Br)c32)cc1. The number of nitrogens with zero attached hydrogens (tertiary/aromatic N) is 1. The average molecular weight is 439 g/mol. The molecule has 118 valence electrons. The molecule has 1 aliphatic rings. The maximum atomic E-state index is 12.3. The first-order valence-electron chi connectivity index (χ1n) is 6.99. The van der Waals surface area contributed by atoms with Crippen LogP contribution in [0.25, 0.3) is 0 Å². The van der Waals surface area contributed by atoms with Crippen LogP contribution in [0, 0.1) is 0 Å². The minimum absolute atomic E-state index is 0.436. The summed E-state index contributed by atoms with van der Waals surface area (Å²) in [6.07, 6.45) is 0.658. The van der Waals surface area contributed by atoms with Gasteiger partial charge in [-0.3, -0.25) is 9.59 Å². The minimum Gasteiger partial charge on any atom is -0.497 e. The summed E-state index contributed by atoms with van der Waals surface area (Å²) < 4.78 is 6.63. The molecule has 2 aromatic carbocycles. The number of hydrogen-bond donors (Lipinski definition) is 0. The number of ketones is 1. The van der Waals surface area contributed by atoms with Crippen LogP contribution in [0.5, 0.6) is 5.75 Å². The molecule has 2 aromatic rings. The Bertz CT molecular complexity index is 787. The number of amides is 1. The summed E-state index contributed by atoms with van der Waals surface area (Å²) >= 11 is 6.79. The Labute approximate surface area is 150 Å². The molecular weight excluding hydrogens is 426 g/mol. The van der Waals surface area contributed by atoms with Crippen molar-refractivity contribution in [3.8, 4) is 5.75 Å². The predicted octanol–water partition coefficient (Wildman–Crippen LogP) is 3.99. The summed E-state index contributed by atoms with van der Waals surface area (Å²) in [5.41, 5.74) is 2.16. The lowest BCUT2D eigenvalue weighted by molar-refractivity contribution is -0.114. The molecule has 0 aromatic heterocycles. The van der Waals surface area contributed by atoms with E-state index >= 15 is 0 Å². The van der Waals surface area contributed by atoms with Gasteiger partial charge in [0, 0.05) is 15.5 Å². The van der Waals surface area contributed by atoms with E-state index < -0.39 is 11.7 Å². The van der Waals surface area contributed by atoms with Gasteiger partial charge in [0.1, 0.15) is 5.75 Å². The number of carbonyl (C=O) groups excluding carboxylic acids is 2. The fourth-order valence-electron chi connectivity index (χ4n) is 2.60. The van der Waals surface area contributed by atoms with Crippen molar-refractivity contribution >= 4 is 49.2 Å². The highest BCUT2D eigenvalue weighted by Crippen LogP contribution is 2.38. The topological polar surface area (TPSA) is 46.6 Å². The molecule has 0 unspecified atom stereocenters. The Morgan fingerprint density at radius 1 is 1.09 bits per heavy atom. The summed E-state index contributed by atoms with van der Waals surface area (Å²) in [5, 5.41) is 0. The van der Waals surface area contributed by atoms with Crippen molar-refractivity contribution in [2.24, 2.45) is 0 Å². The molecule has 0 radical (unpaired) electrons. The molecule has 1 amide bonds. The van der Waals surface area contributed by atoms with Crippen LogP contribution in [0.3, 0.4) is 0 Å². The zero-order chi connectivity index (χ0) is 16.6. The quantitative estimate of drug-likeness (QED) is 0.678. The van der Waals surface area contributed by atoms with Crippen molar-refractivity contribution in [3.63, 3.8) is 0 Å². The Morgan fingerprint density at radius 2 is 1.78 bits per heavy atom. The standard InChI is InChI=1S/C17H13Br2NO3/c1-23-12-4-2-10(3-5-12)6-7-20-15-13(16(21)17(20)22)8-11(18)9-14(15)19/h2-5,8-9H,6-7H2,1H3. The molecule has 0 spiro atoms. The molecule has 1 heterocycles. The highest BCUT2D eigenvalue weighted by Gasteiger charge is 2.37. The Morgan fingerprint density at radius 3 is 2.43 bits per heavy atom. The number of Topliss-reactive ketones (excluding diaryl/α,β-unsaturated/α-hetero) is 1. The van der Waals surface area contributed by atoms with Crippen LogP contribution in [0.1, 0.15) is 15.9 Å². The van der Waals surface area contributed by atoms with Crippen LogP contribution in [-0.4, -0.2) is 25.3 Å². The van der Waals surface area contributed by atoms with Gasteiger partial charge in [0.2, 0.25) is 0 Å². The first kappa shape index (κ1) is 16.2. The van der Waals surface area contributed by atoms with Crippen molar-refractivity contribution in [1.82, 2.24) is 0 Å². The van der Waals surface area contributed by atoms with Gasteiger partial charge >= 0.3 is 0 Å². The van der Waals surface area contributed by atoms with Crippen molar-refractivity contribution in [1.29, 1.82) is 0 Å². The fourth-order valence-corrected chi connectivity index (χ4v) is 4.04. The van der Waals surface area contributed by atoms with E-state index in [-0.39, 0.29) is 0 Å². The van der Waals surface area contributed by atoms with Crippen LogP contribution in [0.15, 0.2) is 45.3 Å². The van der Waals surface area contributed by atoms with Gasteiger partial charge in [-0.2, -0.15) is 0 Å². The van der Waals surface area contributed by atoms with Crippen LogP contribution < -0.4 is 9.64 Å². The molecule has 6 heteroatoms. The normalized spacial score (nSPS) is 13.4.